The van der Waals surface area contributed by atoms with Gasteiger partial charge in [0, 0.05) is 13.1 Å². The summed E-state index contributed by atoms with van der Waals surface area (Å²) in [6, 6.07) is 0. The maximum atomic E-state index is 5.72. The lowest BCUT2D eigenvalue weighted by atomic mass is 9.99. The predicted molar refractivity (Wildman–Crippen MR) is 74.2 cm³/mol. The first kappa shape index (κ1) is 14.3. The van der Waals surface area contributed by atoms with E-state index in [9.17, 15) is 0 Å². The molecule has 1 saturated heterocycles. The summed E-state index contributed by atoms with van der Waals surface area (Å²) < 4.78 is 0. The number of nitrogens with two attached hydrogens (primary N) is 1. The van der Waals surface area contributed by atoms with Crippen LogP contribution in [0.5, 0.6) is 0 Å². The molecular formula is C13H28N4. The molecule has 1 rings (SSSR count). The normalized spacial score (nSPS) is 19.5. The largest absolute Gasteiger partial charge is 0.370 e. The van der Waals surface area contributed by atoms with Gasteiger partial charge in [0.2, 0.25) is 0 Å². The van der Waals surface area contributed by atoms with Crippen LogP contribution in [-0.2, 0) is 0 Å². The Balaban J connectivity index is 2.00. The quantitative estimate of drug-likeness (QED) is 0.419. The number of likely N-dealkylation sites (tertiary alicyclic amines) is 1. The first-order valence-electron chi connectivity index (χ1n) is 6.98. The molecule has 100 valence electrons. The smallest absolute Gasteiger partial charge is 0.188 e. The Morgan fingerprint density at radius 3 is 2.76 bits per heavy atom. The van der Waals surface area contributed by atoms with Crippen molar-refractivity contribution in [3.8, 4) is 0 Å². The van der Waals surface area contributed by atoms with Gasteiger partial charge < -0.3 is 16.0 Å². The molecule has 0 aromatic carbocycles. The van der Waals surface area contributed by atoms with E-state index in [1.165, 1.54) is 32.5 Å². The lowest BCUT2D eigenvalue weighted by Gasteiger charge is -2.30. The van der Waals surface area contributed by atoms with Crippen molar-refractivity contribution >= 4 is 5.96 Å². The van der Waals surface area contributed by atoms with Crippen molar-refractivity contribution in [1.29, 1.82) is 0 Å². The monoisotopic (exact) mass is 240 g/mol. The summed E-state index contributed by atoms with van der Waals surface area (Å²) >= 11 is 0. The molecule has 1 fully saturated rings. The maximum absolute atomic E-state index is 5.72. The van der Waals surface area contributed by atoms with Crippen LogP contribution in [0.1, 0.15) is 39.5 Å². The Bertz CT molecular complexity index is 219. The van der Waals surface area contributed by atoms with E-state index in [1.807, 2.05) is 0 Å². The van der Waals surface area contributed by atoms with Gasteiger partial charge in [-0.15, -0.1) is 0 Å². The molecule has 0 amide bonds. The van der Waals surface area contributed by atoms with Crippen LogP contribution >= 0.6 is 0 Å². The van der Waals surface area contributed by atoms with E-state index >= 15 is 0 Å². The summed E-state index contributed by atoms with van der Waals surface area (Å²) in [6.45, 7) is 9.92. The summed E-state index contributed by atoms with van der Waals surface area (Å²) in [5.74, 6) is 1.51. The van der Waals surface area contributed by atoms with Gasteiger partial charge in [-0.05, 0) is 51.2 Å². The topological polar surface area (TPSA) is 53.6 Å². The van der Waals surface area contributed by atoms with Gasteiger partial charge in [-0.1, -0.05) is 13.8 Å². The van der Waals surface area contributed by atoms with E-state index in [1.54, 1.807) is 0 Å². The third-order valence-corrected chi connectivity index (χ3v) is 3.34. The molecule has 0 aliphatic carbocycles. The van der Waals surface area contributed by atoms with Crippen molar-refractivity contribution in [3.63, 3.8) is 0 Å². The number of rotatable bonds is 6. The summed E-state index contributed by atoms with van der Waals surface area (Å²) in [5.41, 5.74) is 5.72. The van der Waals surface area contributed by atoms with Gasteiger partial charge >= 0.3 is 0 Å². The molecule has 0 unspecified atom stereocenters. The molecule has 1 aliphatic rings. The van der Waals surface area contributed by atoms with Gasteiger partial charge in [-0.3, -0.25) is 4.99 Å². The zero-order chi connectivity index (χ0) is 12.5. The molecular weight excluding hydrogens is 212 g/mol. The molecule has 0 bridgehead atoms. The Kier molecular flexibility index (Phi) is 7.01. The number of guanidine groups is 1. The Morgan fingerprint density at radius 1 is 1.41 bits per heavy atom. The Morgan fingerprint density at radius 2 is 2.12 bits per heavy atom. The van der Waals surface area contributed by atoms with Crippen LogP contribution in [0, 0.1) is 5.92 Å². The summed E-state index contributed by atoms with van der Waals surface area (Å²) in [7, 11) is 0. The second-order valence-electron chi connectivity index (χ2n) is 5.07. The molecule has 0 aromatic rings. The molecule has 0 radical (unpaired) electrons. The minimum absolute atomic E-state index is 0.596. The van der Waals surface area contributed by atoms with Crippen molar-refractivity contribution in [2.45, 2.75) is 39.5 Å². The van der Waals surface area contributed by atoms with E-state index in [2.05, 4.69) is 29.1 Å². The van der Waals surface area contributed by atoms with Crippen molar-refractivity contribution in [2.24, 2.45) is 16.6 Å². The molecule has 0 aromatic heterocycles. The molecule has 1 aliphatic heterocycles. The highest BCUT2D eigenvalue weighted by Crippen LogP contribution is 2.15. The number of nitrogens with one attached hydrogen (secondary N) is 1. The van der Waals surface area contributed by atoms with Gasteiger partial charge in [0.15, 0.2) is 5.96 Å². The van der Waals surface area contributed by atoms with E-state index in [0.29, 0.717) is 5.96 Å². The number of aliphatic imine (C=N–C) groups is 1. The van der Waals surface area contributed by atoms with Gasteiger partial charge in [0.1, 0.15) is 0 Å². The fourth-order valence-corrected chi connectivity index (χ4v) is 2.09. The molecule has 17 heavy (non-hydrogen) atoms. The van der Waals surface area contributed by atoms with Crippen LogP contribution in [0.2, 0.25) is 0 Å². The first-order chi connectivity index (χ1) is 8.22. The van der Waals surface area contributed by atoms with Crippen LogP contribution in [0.4, 0.5) is 0 Å². The molecule has 0 spiro atoms. The third-order valence-electron chi connectivity index (χ3n) is 3.34. The fourth-order valence-electron chi connectivity index (χ4n) is 2.09. The average Bonchev–Trinajstić information content (AvgIpc) is 2.34. The van der Waals surface area contributed by atoms with Gasteiger partial charge in [0.25, 0.3) is 0 Å². The molecule has 0 saturated carbocycles. The standard InChI is InChI=1S/C13H28N4/c1-3-7-15-13(14)16-8-4-9-17-10-5-12(2)6-11-17/h12H,3-11H2,1-2H3,(H3,14,15,16). The maximum Gasteiger partial charge on any atom is 0.188 e. The molecule has 4 heteroatoms. The summed E-state index contributed by atoms with van der Waals surface area (Å²) in [5, 5.41) is 3.17. The second-order valence-corrected chi connectivity index (χ2v) is 5.07. The molecule has 0 atom stereocenters. The van der Waals surface area contributed by atoms with E-state index in [0.717, 1.165) is 31.8 Å². The minimum Gasteiger partial charge on any atom is -0.370 e. The van der Waals surface area contributed by atoms with E-state index < -0.39 is 0 Å². The lowest BCUT2D eigenvalue weighted by molar-refractivity contribution is 0.191. The van der Waals surface area contributed by atoms with Crippen molar-refractivity contribution < 1.29 is 0 Å². The number of piperidine rings is 1. The van der Waals surface area contributed by atoms with Crippen LogP contribution in [0.15, 0.2) is 4.99 Å². The highest BCUT2D eigenvalue weighted by molar-refractivity contribution is 5.77. The molecule has 3 N–H and O–H groups in total. The number of hydrogen-bond acceptors (Lipinski definition) is 2. The van der Waals surface area contributed by atoms with Crippen LogP contribution in [-0.4, -0.2) is 43.6 Å². The van der Waals surface area contributed by atoms with Crippen molar-refractivity contribution in [2.75, 3.05) is 32.7 Å². The van der Waals surface area contributed by atoms with Gasteiger partial charge in [-0.2, -0.15) is 0 Å². The predicted octanol–water partition coefficient (Wildman–Crippen LogP) is 1.42. The minimum atomic E-state index is 0.596. The highest BCUT2D eigenvalue weighted by atomic mass is 15.1. The van der Waals surface area contributed by atoms with Gasteiger partial charge in [-0.25, -0.2) is 0 Å². The van der Waals surface area contributed by atoms with Crippen LogP contribution in [0.3, 0.4) is 0 Å². The van der Waals surface area contributed by atoms with Crippen LogP contribution in [0.25, 0.3) is 0 Å². The zero-order valence-corrected chi connectivity index (χ0v) is 11.4. The fraction of sp³-hybridized carbons (Fsp3) is 0.923. The summed E-state index contributed by atoms with van der Waals surface area (Å²) in [6.07, 6.45) is 4.91. The lowest BCUT2D eigenvalue weighted by Crippen LogP contribution is -2.37. The Hall–Kier alpha value is -0.770. The van der Waals surface area contributed by atoms with Crippen molar-refractivity contribution in [3.05, 3.63) is 0 Å². The van der Waals surface area contributed by atoms with E-state index in [4.69, 9.17) is 5.73 Å². The SMILES string of the molecule is CCCN=C(N)NCCCN1CCC(C)CC1. The molecule has 4 nitrogen and oxygen atoms in total. The number of nitrogens with zero attached hydrogens (tertiary/aromatic N) is 2. The third kappa shape index (κ3) is 6.51. The van der Waals surface area contributed by atoms with Gasteiger partial charge in [0.05, 0.1) is 0 Å². The first-order valence-corrected chi connectivity index (χ1v) is 6.98. The summed E-state index contributed by atoms with van der Waals surface area (Å²) in [4.78, 5) is 6.76. The average molecular weight is 240 g/mol. The number of hydrogen-bond donors (Lipinski definition) is 2. The van der Waals surface area contributed by atoms with Crippen LogP contribution < -0.4 is 11.1 Å². The highest BCUT2D eigenvalue weighted by Gasteiger charge is 2.14. The van der Waals surface area contributed by atoms with E-state index in [-0.39, 0.29) is 0 Å². The van der Waals surface area contributed by atoms with Crippen molar-refractivity contribution in [1.82, 2.24) is 10.2 Å². The zero-order valence-electron chi connectivity index (χ0n) is 11.4. The molecule has 1 heterocycles. The Labute approximate surface area is 106 Å². The second kappa shape index (κ2) is 8.34.